The first-order chi connectivity index (χ1) is 32.5. The Morgan fingerprint density at radius 1 is 0.303 bits per heavy atom. The summed E-state index contributed by atoms with van der Waals surface area (Å²) < 4.78 is 16.8. The van der Waals surface area contributed by atoms with Crippen molar-refractivity contribution in [1.29, 1.82) is 0 Å². The third-order valence-corrected chi connectivity index (χ3v) is 12.5. The number of unbranched alkanes of at least 4 members (excludes halogenated alkanes) is 33. The van der Waals surface area contributed by atoms with Gasteiger partial charge in [-0.05, 0) is 96.3 Å². The van der Waals surface area contributed by atoms with Crippen molar-refractivity contribution in [2.75, 3.05) is 13.2 Å². The second-order valence-corrected chi connectivity index (χ2v) is 19.2. The van der Waals surface area contributed by atoms with Crippen molar-refractivity contribution >= 4 is 17.9 Å². The van der Waals surface area contributed by atoms with E-state index in [0.717, 1.165) is 89.9 Å². The number of ether oxygens (including phenoxy) is 3. The summed E-state index contributed by atoms with van der Waals surface area (Å²) in [6.07, 6.45) is 66.7. The molecule has 0 N–H and O–H groups in total. The van der Waals surface area contributed by atoms with E-state index in [1.54, 1.807) is 0 Å². The number of allylic oxidation sites excluding steroid dienone is 8. The molecular weight excluding hydrogens is 817 g/mol. The zero-order chi connectivity index (χ0) is 47.9. The molecule has 6 heteroatoms. The summed E-state index contributed by atoms with van der Waals surface area (Å²) in [5.41, 5.74) is 0. The van der Waals surface area contributed by atoms with Gasteiger partial charge in [-0.2, -0.15) is 0 Å². The Labute approximate surface area is 409 Å². The Morgan fingerprint density at radius 3 is 0.909 bits per heavy atom. The number of carbonyl (C=O) groups is 3. The van der Waals surface area contributed by atoms with Gasteiger partial charge in [-0.1, -0.05) is 230 Å². The highest BCUT2D eigenvalue weighted by molar-refractivity contribution is 5.71. The van der Waals surface area contributed by atoms with Crippen LogP contribution in [0.5, 0.6) is 0 Å². The molecule has 66 heavy (non-hydrogen) atoms. The molecule has 384 valence electrons. The van der Waals surface area contributed by atoms with Crippen LogP contribution >= 0.6 is 0 Å². The van der Waals surface area contributed by atoms with Crippen LogP contribution in [0.4, 0.5) is 0 Å². The highest BCUT2D eigenvalue weighted by Gasteiger charge is 2.19. The van der Waals surface area contributed by atoms with E-state index in [1.807, 2.05) is 0 Å². The maximum Gasteiger partial charge on any atom is 0.306 e. The number of rotatable bonds is 52. The van der Waals surface area contributed by atoms with E-state index in [1.165, 1.54) is 167 Å². The lowest BCUT2D eigenvalue weighted by atomic mass is 10.1. The van der Waals surface area contributed by atoms with Gasteiger partial charge in [0.2, 0.25) is 0 Å². The summed E-state index contributed by atoms with van der Waals surface area (Å²) in [5.74, 6) is -0.895. The standard InChI is InChI=1S/C60H108O6/c1-4-7-10-13-16-19-22-25-27-28-29-30-31-32-33-36-38-41-44-47-50-53-59(62)65-56-57(55-64-58(61)52-49-46-43-40-37-34-24-21-18-15-12-9-6-3)66-60(63)54-51-48-45-42-39-35-26-23-20-17-14-11-8-5-2/h14,17,21,23-24,26,28-29,57H,4-13,15-16,18-20,22,25,27,30-56H2,1-3H3/b17-14-,24-21-,26-23-,29-28-. The van der Waals surface area contributed by atoms with Crippen molar-refractivity contribution in [3.05, 3.63) is 48.6 Å². The highest BCUT2D eigenvalue weighted by Crippen LogP contribution is 2.15. The molecule has 0 aromatic carbocycles. The Balaban J connectivity index is 4.32. The molecule has 6 nitrogen and oxygen atoms in total. The lowest BCUT2D eigenvalue weighted by molar-refractivity contribution is -0.167. The van der Waals surface area contributed by atoms with Gasteiger partial charge >= 0.3 is 17.9 Å². The smallest absolute Gasteiger partial charge is 0.306 e. The van der Waals surface area contributed by atoms with Gasteiger partial charge in [0.1, 0.15) is 13.2 Å². The molecule has 0 amide bonds. The van der Waals surface area contributed by atoms with Crippen LogP contribution in [-0.4, -0.2) is 37.2 Å². The van der Waals surface area contributed by atoms with Crippen LogP contribution in [0.25, 0.3) is 0 Å². The zero-order valence-corrected chi connectivity index (χ0v) is 44.0. The summed E-state index contributed by atoms with van der Waals surface area (Å²) >= 11 is 0. The second kappa shape index (κ2) is 55.0. The Morgan fingerprint density at radius 2 is 0.561 bits per heavy atom. The molecule has 0 aliphatic rings. The normalized spacial score (nSPS) is 12.3. The molecular formula is C60H108O6. The molecule has 0 bridgehead atoms. The molecule has 0 radical (unpaired) electrons. The lowest BCUT2D eigenvalue weighted by Gasteiger charge is -2.18. The SMILES string of the molecule is CCCC/C=C\C/C=C\CCCCCCCC(=O)OC(COC(=O)CCCCCCC/C=C\CCCCCC)COC(=O)CCCCCCCCCCC/C=C\CCCCCCCCCC. The molecule has 0 aromatic heterocycles. The zero-order valence-electron chi connectivity index (χ0n) is 44.0. The molecule has 0 rings (SSSR count). The summed E-state index contributed by atoms with van der Waals surface area (Å²) in [6, 6.07) is 0. The first kappa shape index (κ1) is 63.4. The minimum absolute atomic E-state index is 0.0812. The van der Waals surface area contributed by atoms with E-state index in [9.17, 15) is 14.4 Å². The summed E-state index contributed by atoms with van der Waals surface area (Å²) in [4.78, 5) is 38.1. The van der Waals surface area contributed by atoms with Crippen LogP contribution in [-0.2, 0) is 28.6 Å². The van der Waals surface area contributed by atoms with E-state index in [-0.39, 0.29) is 31.1 Å². The quantitative estimate of drug-likeness (QED) is 0.0262. The molecule has 0 aliphatic carbocycles. The van der Waals surface area contributed by atoms with Crippen LogP contribution < -0.4 is 0 Å². The maximum absolute atomic E-state index is 12.8. The fourth-order valence-electron chi connectivity index (χ4n) is 8.15. The number of carbonyl (C=O) groups excluding carboxylic acids is 3. The van der Waals surface area contributed by atoms with Crippen LogP contribution in [0.1, 0.15) is 297 Å². The molecule has 1 atom stereocenters. The van der Waals surface area contributed by atoms with Gasteiger partial charge in [0, 0.05) is 19.3 Å². The largest absolute Gasteiger partial charge is 0.462 e. The fourth-order valence-corrected chi connectivity index (χ4v) is 8.15. The fraction of sp³-hybridized carbons (Fsp3) is 0.817. The Hall–Kier alpha value is -2.63. The van der Waals surface area contributed by atoms with Gasteiger partial charge in [0.25, 0.3) is 0 Å². The molecule has 0 heterocycles. The van der Waals surface area contributed by atoms with Gasteiger partial charge in [-0.25, -0.2) is 0 Å². The molecule has 0 aromatic rings. The van der Waals surface area contributed by atoms with Crippen LogP contribution in [0.2, 0.25) is 0 Å². The third kappa shape index (κ3) is 52.3. The van der Waals surface area contributed by atoms with Crippen molar-refractivity contribution in [2.45, 2.75) is 303 Å². The molecule has 1 unspecified atom stereocenters. The van der Waals surface area contributed by atoms with E-state index >= 15 is 0 Å². The van der Waals surface area contributed by atoms with E-state index in [0.29, 0.717) is 19.3 Å². The van der Waals surface area contributed by atoms with Gasteiger partial charge < -0.3 is 14.2 Å². The van der Waals surface area contributed by atoms with Crippen molar-refractivity contribution in [1.82, 2.24) is 0 Å². The first-order valence-corrected chi connectivity index (χ1v) is 28.6. The molecule has 0 fully saturated rings. The minimum atomic E-state index is -0.783. The van der Waals surface area contributed by atoms with E-state index in [2.05, 4.69) is 69.4 Å². The van der Waals surface area contributed by atoms with Crippen LogP contribution in [0.15, 0.2) is 48.6 Å². The van der Waals surface area contributed by atoms with Crippen molar-refractivity contribution in [3.63, 3.8) is 0 Å². The van der Waals surface area contributed by atoms with Crippen molar-refractivity contribution < 1.29 is 28.6 Å². The average Bonchev–Trinajstić information content (AvgIpc) is 3.31. The predicted octanol–water partition coefficient (Wildman–Crippen LogP) is 19.0. The second-order valence-electron chi connectivity index (χ2n) is 19.2. The molecule has 0 aliphatic heterocycles. The predicted molar refractivity (Wildman–Crippen MR) is 284 cm³/mol. The molecule has 0 saturated heterocycles. The molecule has 0 spiro atoms. The van der Waals surface area contributed by atoms with E-state index in [4.69, 9.17) is 14.2 Å². The van der Waals surface area contributed by atoms with Gasteiger partial charge in [-0.15, -0.1) is 0 Å². The highest BCUT2D eigenvalue weighted by atomic mass is 16.6. The average molecular weight is 926 g/mol. The summed E-state index contributed by atoms with van der Waals surface area (Å²) in [5, 5.41) is 0. The van der Waals surface area contributed by atoms with Crippen LogP contribution in [0, 0.1) is 0 Å². The first-order valence-electron chi connectivity index (χ1n) is 28.6. The number of esters is 3. The van der Waals surface area contributed by atoms with Gasteiger partial charge in [0.05, 0.1) is 0 Å². The topological polar surface area (TPSA) is 78.9 Å². The Bertz CT molecular complexity index is 1150. The van der Waals surface area contributed by atoms with E-state index < -0.39 is 6.10 Å². The number of hydrogen-bond acceptors (Lipinski definition) is 6. The number of hydrogen-bond donors (Lipinski definition) is 0. The van der Waals surface area contributed by atoms with Crippen molar-refractivity contribution in [3.8, 4) is 0 Å². The maximum atomic E-state index is 12.8. The van der Waals surface area contributed by atoms with Gasteiger partial charge in [0.15, 0.2) is 6.10 Å². The summed E-state index contributed by atoms with van der Waals surface area (Å²) in [7, 11) is 0. The van der Waals surface area contributed by atoms with Gasteiger partial charge in [-0.3, -0.25) is 14.4 Å². The van der Waals surface area contributed by atoms with Crippen molar-refractivity contribution in [2.24, 2.45) is 0 Å². The summed E-state index contributed by atoms with van der Waals surface area (Å²) in [6.45, 7) is 6.59. The monoisotopic (exact) mass is 925 g/mol. The minimum Gasteiger partial charge on any atom is -0.462 e. The molecule has 0 saturated carbocycles. The Kier molecular flexibility index (Phi) is 52.8. The third-order valence-electron chi connectivity index (χ3n) is 12.5. The van der Waals surface area contributed by atoms with Crippen LogP contribution in [0.3, 0.4) is 0 Å². The lowest BCUT2D eigenvalue weighted by Crippen LogP contribution is -2.30.